The van der Waals surface area contributed by atoms with Gasteiger partial charge in [0.15, 0.2) is 0 Å². The Morgan fingerprint density at radius 2 is 2.00 bits per heavy atom. The highest BCUT2D eigenvalue weighted by molar-refractivity contribution is 7.10. The predicted molar refractivity (Wildman–Crippen MR) is 107 cm³/mol. The van der Waals surface area contributed by atoms with Gasteiger partial charge in [0.1, 0.15) is 22.4 Å². The lowest BCUT2D eigenvalue weighted by molar-refractivity contribution is 0.471. The standard InChI is InChI=1S/C21H18FN3OS/c1-13-19-14(2)25(11-10-15-6-5-7-16(22)12-15)20(23-21(19)27-24-13)17-8-3-4-9-18(17)26/h3-9,12,26H,2,10-11H2,1H3. The zero-order valence-corrected chi connectivity index (χ0v) is 15.6. The Morgan fingerprint density at radius 3 is 2.78 bits per heavy atom. The summed E-state index contributed by atoms with van der Waals surface area (Å²) in [5, 5.41) is 11.1. The molecule has 4 nitrogen and oxygen atoms in total. The first kappa shape index (κ1) is 17.4. The third kappa shape index (κ3) is 3.24. The van der Waals surface area contributed by atoms with Gasteiger partial charge in [0, 0.05) is 12.2 Å². The number of fused-ring (bicyclic) bond motifs is 1. The number of nitrogens with zero attached hydrogens (tertiary/aromatic N) is 3. The molecule has 0 saturated heterocycles. The van der Waals surface area contributed by atoms with Crippen LogP contribution in [0.2, 0.25) is 0 Å². The van der Waals surface area contributed by atoms with Crippen molar-refractivity contribution in [2.75, 3.05) is 6.54 Å². The van der Waals surface area contributed by atoms with Crippen molar-refractivity contribution in [3.05, 3.63) is 83.3 Å². The molecule has 27 heavy (non-hydrogen) atoms. The molecule has 0 unspecified atom stereocenters. The van der Waals surface area contributed by atoms with E-state index in [0.29, 0.717) is 24.4 Å². The Balaban J connectivity index is 1.74. The second kappa shape index (κ2) is 6.96. The number of aliphatic imine (C=N–C) groups is 1. The zero-order chi connectivity index (χ0) is 19.0. The molecule has 0 radical (unpaired) electrons. The SMILES string of the molecule is C=C1c2c(C)nsc2N=C(c2ccccc2O)N1CCc1cccc(F)c1. The average Bonchev–Trinajstić information content (AvgIpc) is 3.02. The van der Waals surface area contributed by atoms with Crippen molar-refractivity contribution in [2.24, 2.45) is 4.99 Å². The Bertz CT molecular complexity index is 1060. The number of aromatic hydroxyl groups is 1. The van der Waals surface area contributed by atoms with Gasteiger partial charge in [0.05, 0.1) is 16.8 Å². The van der Waals surface area contributed by atoms with Crippen LogP contribution >= 0.6 is 11.5 Å². The molecular formula is C21H18FN3OS. The molecule has 0 atom stereocenters. The number of aryl methyl sites for hydroxylation is 1. The van der Waals surface area contributed by atoms with E-state index in [4.69, 9.17) is 4.99 Å². The molecule has 136 valence electrons. The third-order valence-corrected chi connectivity index (χ3v) is 5.41. The number of para-hydroxylation sites is 1. The second-order valence-electron chi connectivity index (χ2n) is 6.38. The normalized spacial score (nSPS) is 13.5. The summed E-state index contributed by atoms with van der Waals surface area (Å²) in [4.78, 5) is 6.74. The Kier molecular flexibility index (Phi) is 4.49. The Morgan fingerprint density at radius 1 is 1.19 bits per heavy atom. The number of aromatic nitrogens is 1. The summed E-state index contributed by atoms with van der Waals surface area (Å²) in [5.74, 6) is 0.537. The number of hydrogen-bond donors (Lipinski definition) is 1. The molecule has 2 heterocycles. The van der Waals surface area contributed by atoms with E-state index in [-0.39, 0.29) is 11.6 Å². The van der Waals surface area contributed by atoms with E-state index in [1.807, 2.05) is 30.0 Å². The number of phenolic OH excluding ortho intramolecular Hbond substituents is 1. The number of hydrogen-bond acceptors (Lipinski definition) is 5. The molecule has 1 N–H and O–H groups in total. The molecule has 0 aliphatic carbocycles. The lowest BCUT2D eigenvalue weighted by atomic mass is 10.0. The van der Waals surface area contributed by atoms with Crippen molar-refractivity contribution < 1.29 is 9.50 Å². The summed E-state index contributed by atoms with van der Waals surface area (Å²) in [5.41, 5.74) is 4.13. The molecule has 1 aliphatic heterocycles. The minimum absolute atomic E-state index is 0.157. The molecule has 1 aromatic heterocycles. The van der Waals surface area contributed by atoms with E-state index in [0.717, 1.165) is 27.5 Å². The highest BCUT2D eigenvalue weighted by Gasteiger charge is 2.29. The molecule has 0 bridgehead atoms. The highest BCUT2D eigenvalue weighted by Crippen LogP contribution is 2.40. The van der Waals surface area contributed by atoms with Crippen molar-refractivity contribution >= 4 is 28.1 Å². The van der Waals surface area contributed by atoms with Gasteiger partial charge < -0.3 is 10.0 Å². The Labute approximate surface area is 161 Å². The monoisotopic (exact) mass is 379 g/mol. The number of rotatable bonds is 4. The maximum absolute atomic E-state index is 13.5. The van der Waals surface area contributed by atoms with E-state index < -0.39 is 0 Å². The van der Waals surface area contributed by atoms with Crippen LogP contribution in [0, 0.1) is 12.7 Å². The predicted octanol–water partition coefficient (Wildman–Crippen LogP) is 4.90. The van der Waals surface area contributed by atoms with Crippen LogP contribution in [0.5, 0.6) is 5.75 Å². The molecule has 0 saturated carbocycles. The number of phenols is 1. The molecule has 3 aromatic rings. The quantitative estimate of drug-likeness (QED) is 0.701. The van der Waals surface area contributed by atoms with E-state index >= 15 is 0 Å². The molecule has 0 spiro atoms. The van der Waals surface area contributed by atoms with Crippen LogP contribution in [-0.2, 0) is 6.42 Å². The van der Waals surface area contributed by atoms with Crippen LogP contribution in [0.1, 0.15) is 22.4 Å². The molecular weight excluding hydrogens is 361 g/mol. The van der Waals surface area contributed by atoms with Gasteiger partial charge >= 0.3 is 0 Å². The average molecular weight is 379 g/mol. The molecule has 0 amide bonds. The number of amidine groups is 1. The van der Waals surface area contributed by atoms with E-state index in [2.05, 4.69) is 11.0 Å². The molecule has 6 heteroatoms. The first-order valence-electron chi connectivity index (χ1n) is 8.59. The maximum atomic E-state index is 13.5. The smallest absolute Gasteiger partial charge is 0.148 e. The fourth-order valence-electron chi connectivity index (χ4n) is 3.23. The van der Waals surface area contributed by atoms with Gasteiger partial charge in [-0.2, -0.15) is 4.37 Å². The molecule has 4 rings (SSSR count). The second-order valence-corrected chi connectivity index (χ2v) is 7.13. The van der Waals surface area contributed by atoms with Crippen LogP contribution < -0.4 is 0 Å². The van der Waals surface area contributed by atoms with E-state index in [1.165, 1.54) is 23.7 Å². The summed E-state index contributed by atoms with van der Waals surface area (Å²) in [6, 6.07) is 13.7. The maximum Gasteiger partial charge on any atom is 0.148 e. The lowest BCUT2D eigenvalue weighted by Crippen LogP contribution is -2.34. The van der Waals surface area contributed by atoms with Crippen LogP contribution in [-0.4, -0.2) is 26.8 Å². The van der Waals surface area contributed by atoms with Crippen LogP contribution in [0.15, 0.2) is 60.1 Å². The lowest BCUT2D eigenvalue weighted by Gasteiger charge is -2.31. The van der Waals surface area contributed by atoms with Crippen LogP contribution in [0.3, 0.4) is 0 Å². The first-order chi connectivity index (χ1) is 13.0. The molecule has 0 fully saturated rings. The molecule has 2 aromatic carbocycles. The summed E-state index contributed by atoms with van der Waals surface area (Å²) >= 11 is 1.32. The van der Waals surface area contributed by atoms with Gasteiger partial charge in [0.25, 0.3) is 0 Å². The van der Waals surface area contributed by atoms with Gasteiger partial charge in [-0.05, 0) is 54.7 Å². The Hall–Kier alpha value is -2.99. The van der Waals surface area contributed by atoms with Crippen molar-refractivity contribution in [2.45, 2.75) is 13.3 Å². The largest absolute Gasteiger partial charge is 0.507 e. The minimum Gasteiger partial charge on any atom is -0.507 e. The highest BCUT2D eigenvalue weighted by atomic mass is 32.1. The summed E-state index contributed by atoms with van der Waals surface area (Å²) in [6.07, 6.45) is 0.620. The van der Waals surface area contributed by atoms with Gasteiger partial charge in [-0.3, -0.25) is 0 Å². The van der Waals surface area contributed by atoms with Crippen molar-refractivity contribution in [3.8, 4) is 5.75 Å². The van der Waals surface area contributed by atoms with Crippen molar-refractivity contribution in [1.29, 1.82) is 0 Å². The van der Waals surface area contributed by atoms with Crippen molar-refractivity contribution in [3.63, 3.8) is 0 Å². The summed E-state index contributed by atoms with van der Waals surface area (Å²) in [6.45, 7) is 6.76. The third-order valence-electron chi connectivity index (χ3n) is 4.58. The van der Waals surface area contributed by atoms with Gasteiger partial charge in [-0.25, -0.2) is 9.38 Å². The van der Waals surface area contributed by atoms with E-state index in [1.54, 1.807) is 18.2 Å². The number of halogens is 1. The first-order valence-corrected chi connectivity index (χ1v) is 9.36. The summed E-state index contributed by atoms with van der Waals surface area (Å²) < 4.78 is 17.9. The fourth-order valence-corrected chi connectivity index (χ4v) is 4.03. The van der Waals surface area contributed by atoms with Gasteiger partial charge in [-0.1, -0.05) is 30.8 Å². The van der Waals surface area contributed by atoms with Crippen molar-refractivity contribution in [1.82, 2.24) is 9.27 Å². The fraction of sp³-hybridized carbons (Fsp3) is 0.143. The van der Waals surface area contributed by atoms with Crippen LogP contribution in [0.4, 0.5) is 9.39 Å². The van der Waals surface area contributed by atoms with Crippen LogP contribution in [0.25, 0.3) is 5.70 Å². The minimum atomic E-state index is -0.250. The van der Waals surface area contributed by atoms with Gasteiger partial charge in [-0.15, -0.1) is 0 Å². The molecule has 1 aliphatic rings. The summed E-state index contributed by atoms with van der Waals surface area (Å²) in [7, 11) is 0. The number of benzene rings is 2. The van der Waals surface area contributed by atoms with E-state index in [9.17, 15) is 9.50 Å². The zero-order valence-electron chi connectivity index (χ0n) is 14.8. The topological polar surface area (TPSA) is 48.7 Å². The van der Waals surface area contributed by atoms with Gasteiger partial charge in [0.2, 0.25) is 0 Å².